The summed E-state index contributed by atoms with van der Waals surface area (Å²) in [7, 11) is 0. The minimum Gasteiger partial charge on any atom is -0.345 e. The SMILES string of the molecule is CCC(C)c1nc(N(CCC(C)C)C2CC2)sc1C=O. The number of anilines is 1. The first kappa shape index (κ1) is 15.5. The van der Waals surface area contributed by atoms with Crippen molar-refractivity contribution in [2.45, 2.75) is 65.3 Å². The molecule has 20 heavy (non-hydrogen) atoms. The summed E-state index contributed by atoms with van der Waals surface area (Å²) in [5.41, 5.74) is 0.998. The molecule has 0 spiro atoms. The van der Waals surface area contributed by atoms with Gasteiger partial charge in [-0.25, -0.2) is 4.98 Å². The highest BCUT2D eigenvalue weighted by Gasteiger charge is 2.31. The number of carbonyl (C=O) groups excluding carboxylic acids is 1. The second kappa shape index (κ2) is 6.70. The molecule has 0 bridgehead atoms. The molecule has 2 rings (SSSR count). The van der Waals surface area contributed by atoms with Crippen molar-refractivity contribution in [3.63, 3.8) is 0 Å². The van der Waals surface area contributed by atoms with Gasteiger partial charge in [0.1, 0.15) is 0 Å². The van der Waals surface area contributed by atoms with Gasteiger partial charge >= 0.3 is 0 Å². The van der Waals surface area contributed by atoms with Gasteiger partial charge in [0.15, 0.2) is 11.4 Å². The second-order valence-corrected chi connectivity index (χ2v) is 7.29. The quantitative estimate of drug-likeness (QED) is 0.663. The Bertz CT molecular complexity index is 451. The molecule has 1 aliphatic carbocycles. The number of thiazole rings is 1. The van der Waals surface area contributed by atoms with Gasteiger partial charge < -0.3 is 4.90 Å². The van der Waals surface area contributed by atoms with Gasteiger partial charge in [-0.15, -0.1) is 0 Å². The molecular weight excluding hydrogens is 268 g/mol. The lowest BCUT2D eigenvalue weighted by molar-refractivity contribution is 0.112. The summed E-state index contributed by atoms with van der Waals surface area (Å²) in [5, 5.41) is 1.06. The fourth-order valence-corrected chi connectivity index (χ4v) is 3.40. The zero-order valence-corrected chi connectivity index (χ0v) is 13.9. The molecule has 1 unspecified atom stereocenters. The molecule has 3 nitrogen and oxygen atoms in total. The third-order valence-electron chi connectivity index (χ3n) is 4.04. The van der Waals surface area contributed by atoms with Crippen LogP contribution in [0, 0.1) is 5.92 Å². The third kappa shape index (κ3) is 3.60. The maximum atomic E-state index is 11.3. The summed E-state index contributed by atoms with van der Waals surface area (Å²) in [6.07, 6.45) is 5.74. The predicted octanol–water partition coefficient (Wildman–Crippen LogP) is 4.48. The highest BCUT2D eigenvalue weighted by atomic mass is 32.1. The van der Waals surface area contributed by atoms with E-state index in [0.29, 0.717) is 17.9 Å². The van der Waals surface area contributed by atoms with Crippen LogP contribution in [0.4, 0.5) is 5.13 Å². The van der Waals surface area contributed by atoms with Gasteiger partial charge in [0.05, 0.1) is 10.6 Å². The molecule has 1 atom stereocenters. The Kier molecular flexibility index (Phi) is 5.19. The van der Waals surface area contributed by atoms with Crippen LogP contribution in [-0.4, -0.2) is 23.9 Å². The molecule has 0 amide bonds. The molecule has 0 aromatic carbocycles. The van der Waals surface area contributed by atoms with Crippen molar-refractivity contribution in [1.82, 2.24) is 4.98 Å². The van der Waals surface area contributed by atoms with Crippen LogP contribution in [-0.2, 0) is 0 Å². The summed E-state index contributed by atoms with van der Waals surface area (Å²) in [6.45, 7) is 9.88. The third-order valence-corrected chi connectivity index (χ3v) is 5.07. The molecule has 1 fully saturated rings. The van der Waals surface area contributed by atoms with E-state index in [1.807, 2.05) is 0 Å². The lowest BCUT2D eigenvalue weighted by Crippen LogP contribution is -2.27. The lowest BCUT2D eigenvalue weighted by Gasteiger charge is -2.22. The number of hydrogen-bond donors (Lipinski definition) is 0. The summed E-state index contributed by atoms with van der Waals surface area (Å²) in [5.74, 6) is 1.07. The Labute approximate surface area is 126 Å². The average Bonchev–Trinajstić information content (AvgIpc) is 3.16. The first-order valence-electron chi connectivity index (χ1n) is 7.79. The summed E-state index contributed by atoms with van der Waals surface area (Å²) in [4.78, 5) is 19.3. The van der Waals surface area contributed by atoms with Crippen molar-refractivity contribution >= 4 is 22.8 Å². The predicted molar refractivity (Wildman–Crippen MR) is 86.0 cm³/mol. The van der Waals surface area contributed by atoms with Gasteiger partial charge in [-0.1, -0.05) is 39.0 Å². The molecule has 1 heterocycles. The van der Waals surface area contributed by atoms with E-state index in [1.54, 1.807) is 11.3 Å². The summed E-state index contributed by atoms with van der Waals surface area (Å²) >= 11 is 1.58. The van der Waals surface area contributed by atoms with Gasteiger partial charge in [-0.3, -0.25) is 4.79 Å². The Balaban J connectivity index is 2.20. The molecule has 1 aliphatic rings. The van der Waals surface area contributed by atoms with Gasteiger partial charge in [0, 0.05) is 12.6 Å². The number of hydrogen-bond acceptors (Lipinski definition) is 4. The van der Waals surface area contributed by atoms with Crippen molar-refractivity contribution in [2.24, 2.45) is 5.92 Å². The monoisotopic (exact) mass is 294 g/mol. The van der Waals surface area contributed by atoms with Crippen LogP contribution in [0.25, 0.3) is 0 Å². The number of aldehydes is 1. The number of carbonyl (C=O) groups is 1. The number of aromatic nitrogens is 1. The van der Waals surface area contributed by atoms with Crippen molar-refractivity contribution in [2.75, 3.05) is 11.4 Å². The van der Waals surface area contributed by atoms with E-state index in [4.69, 9.17) is 4.98 Å². The Hall–Kier alpha value is -0.900. The lowest BCUT2D eigenvalue weighted by atomic mass is 10.0. The van der Waals surface area contributed by atoms with E-state index in [1.165, 1.54) is 19.3 Å². The van der Waals surface area contributed by atoms with Gasteiger partial charge in [0.2, 0.25) is 0 Å². The Morgan fingerprint density at radius 3 is 2.60 bits per heavy atom. The van der Waals surface area contributed by atoms with Gasteiger partial charge in [0.25, 0.3) is 0 Å². The van der Waals surface area contributed by atoms with E-state index in [0.717, 1.165) is 35.0 Å². The van der Waals surface area contributed by atoms with Crippen molar-refractivity contribution in [3.05, 3.63) is 10.6 Å². The van der Waals surface area contributed by atoms with Crippen LogP contribution in [0.5, 0.6) is 0 Å². The average molecular weight is 294 g/mol. The number of nitrogens with zero attached hydrogens (tertiary/aromatic N) is 2. The van der Waals surface area contributed by atoms with Crippen LogP contribution in [0.3, 0.4) is 0 Å². The molecule has 1 saturated carbocycles. The second-order valence-electron chi connectivity index (χ2n) is 6.28. The van der Waals surface area contributed by atoms with Crippen molar-refractivity contribution in [3.8, 4) is 0 Å². The van der Waals surface area contributed by atoms with Crippen LogP contribution in [0.15, 0.2) is 0 Å². The molecule has 112 valence electrons. The van der Waals surface area contributed by atoms with Gasteiger partial charge in [-0.05, 0) is 37.5 Å². The van der Waals surface area contributed by atoms with Crippen LogP contribution < -0.4 is 4.90 Å². The highest BCUT2D eigenvalue weighted by Crippen LogP contribution is 2.37. The van der Waals surface area contributed by atoms with E-state index >= 15 is 0 Å². The first-order valence-corrected chi connectivity index (χ1v) is 8.61. The summed E-state index contributed by atoms with van der Waals surface area (Å²) in [6, 6.07) is 0.657. The molecule has 0 aliphatic heterocycles. The Morgan fingerprint density at radius 2 is 2.10 bits per heavy atom. The van der Waals surface area contributed by atoms with Crippen LogP contribution in [0.1, 0.15) is 74.7 Å². The van der Waals surface area contributed by atoms with Gasteiger partial charge in [-0.2, -0.15) is 0 Å². The molecule has 0 saturated heterocycles. The molecule has 1 aromatic rings. The largest absolute Gasteiger partial charge is 0.345 e. The highest BCUT2D eigenvalue weighted by molar-refractivity contribution is 7.17. The molecule has 0 N–H and O–H groups in total. The van der Waals surface area contributed by atoms with Crippen molar-refractivity contribution < 1.29 is 4.79 Å². The molecule has 4 heteroatoms. The molecule has 1 aromatic heterocycles. The number of rotatable bonds is 8. The molecular formula is C16H26N2OS. The first-order chi connectivity index (χ1) is 9.56. The Morgan fingerprint density at radius 1 is 1.40 bits per heavy atom. The van der Waals surface area contributed by atoms with E-state index in [2.05, 4.69) is 32.6 Å². The zero-order chi connectivity index (χ0) is 14.7. The molecule has 0 radical (unpaired) electrons. The van der Waals surface area contributed by atoms with E-state index in [9.17, 15) is 4.79 Å². The standard InChI is InChI=1S/C16H26N2OS/c1-5-12(4)15-14(10-19)20-16(17-15)18(13-6-7-13)9-8-11(2)3/h10-13H,5-9H2,1-4H3. The van der Waals surface area contributed by atoms with Crippen molar-refractivity contribution in [1.29, 1.82) is 0 Å². The smallest absolute Gasteiger partial charge is 0.186 e. The topological polar surface area (TPSA) is 33.2 Å². The minimum atomic E-state index is 0.367. The van der Waals surface area contributed by atoms with E-state index < -0.39 is 0 Å². The zero-order valence-electron chi connectivity index (χ0n) is 13.1. The maximum Gasteiger partial charge on any atom is 0.186 e. The summed E-state index contributed by atoms with van der Waals surface area (Å²) < 4.78 is 0. The maximum absolute atomic E-state index is 11.3. The fourth-order valence-electron chi connectivity index (χ4n) is 2.30. The minimum absolute atomic E-state index is 0.367. The fraction of sp³-hybridized carbons (Fsp3) is 0.750. The van der Waals surface area contributed by atoms with Crippen LogP contribution in [0.2, 0.25) is 0 Å². The van der Waals surface area contributed by atoms with Crippen LogP contribution >= 0.6 is 11.3 Å². The van der Waals surface area contributed by atoms with E-state index in [-0.39, 0.29) is 0 Å². The normalized spacial score (nSPS) is 16.4.